The van der Waals surface area contributed by atoms with E-state index in [0.717, 1.165) is 55.0 Å². The summed E-state index contributed by atoms with van der Waals surface area (Å²) >= 11 is 0. The van der Waals surface area contributed by atoms with Gasteiger partial charge in [0.15, 0.2) is 0 Å². The monoisotopic (exact) mass is 314 g/mol. The van der Waals surface area contributed by atoms with E-state index in [1.54, 1.807) is 0 Å². The Kier molecular flexibility index (Phi) is 3.67. The van der Waals surface area contributed by atoms with Crippen molar-refractivity contribution in [3.8, 4) is 0 Å². The number of H-pyrrole nitrogens is 1. The Morgan fingerprint density at radius 3 is 3.00 bits per heavy atom. The van der Waals surface area contributed by atoms with Gasteiger partial charge in [0.25, 0.3) is 0 Å². The zero-order valence-corrected chi connectivity index (χ0v) is 13.2. The summed E-state index contributed by atoms with van der Waals surface area (Å²) in [6.07, 6.45) is 7.52. The number of nitrogens with one attached hydrogen (secondary N) is 1. The Bertz CT molecular complexity index is 722. The number of fused-ring (bicyclic) bond motifs is 1. The molecule has 1 aliphatic heterocycles. The van der Waals surface area contributed by atoms with E-state index in [2.05, 4.69) is 14.9 Å². The maximum atomic E-state index is 10.8. The molecule has 0 amide bonds. The second-order valence-electron chi connectivity index (χ2n) is 6.81. The quantitative estimate of drug-likeness (QED) is 0.886. The molecule has 1 aliphatic carbocycles. The van der Waals surface area contributed by atoms with Gasteiger partial charge in [-0.2, -0.15) is 0 Å². The van der Waals surface area contributed by atoms with E-state index in [4.69, 9.17) is 10.1 Å². The Morgan fingerprint density at radius 1 is 1.35 bits per heavy atom. The molecule has 1 unspecified atom stereocenters. The zero-order chi connectivity index (χ0) is 15.8. The van der Waals surface area contributed by atoms with Crippen molar-refractivity contribution in [1.82, 2.24) is 15.0 Å². The van der Waals surface area contributed by atoms with Gasteiger partial charge in [-0.25, -0.2) is 9.97 Å². The minimum absolute atomic E-state index is 0.259. The van der Waals surface area contributed by atoms with Gasteiger partial charge in [-0.1, -0.05) is 0 Å². The van der Waals surface area contributed by atoms with Crippen molar-refractivity contribution in [3.63, 3.8) is 0 Å². The SMILES string of the molecule is O=C(O)CCC1CCCN(c2nc(C3CC3)nc3[nH]ccc23)C1. The molecule has 0 spiro atoms. The summed E-state index contributed by atoms with van der Waals surface area (Å²) in [6, 6.07) is 2.04. The van der Waals surface area contributed by atoms with Crippen LogP contribution in [-0.4, -0.2) is 39.1 Å². The topological polar surface area (TPSA) is 82.1 Å². The molecule has 2 aliphatic rings. The zero-order valence-electron chi connectivity index (χ0n) is 13.2. The second-order valence-corrected chi connectivity index (χ2v) is 6.81. The third-order valence-corrected chi connectivity index (χ3v) is 4.94. The van der Waals surface area contributed by atoms with E-state index < -0.39 is 5.97 Å². The van der Waals surface area contributed by atoms with Gasteiger partial charge in [-0.3, -0.25) is 4.79 Å². The Labute approximate surface area is 134 Å². The summed E-state index contributed by atoms with van der Waals surface area (Å²) < 4.78 is 0. The number of carboxylic acid groups (broad SMARTS) is 1. The molecule has 2 fully saturated rings. The summed E-state index contributed by atoms with van der Waals surface area (Å²) in [5.41, 5.74) is 0.921. The highest BCUT2D eigenvalue weighted by atomic mass is 16.4. The molecule has 4 rings (SSSR count). The fourth-order valence-electron chi connectivity index (χ4n) is 3.53. The van der Waals surface area contributed by atoms with Crippen LogP contribution in [0, 0.1) is 5.92 Å². The lowest BCUT2D eigenvalue weighted by Gasteiger charge is -2.34. The van der Waals surface area contributed by atoms with E-state index in [1.807, 2.05) is 12.3 Å². The van der Waals surface area contributed by atoms with E-state index in [1.165, 1.54) is 12.8 Å². The minimum atomic E-state index is -0.701. The average Bonchev–Trinajstić information content (AvgIpc) is 3.30. The van der Waals surface area contributed by atoms with Gasteiger partial charge in [0.1, 0.15) is 17.3 Å². The average molecular weight is 314 g/mol. The summed E-state index contributed by atoms with van der Waals surface area (Å²) in [5.74, 6) is 2.25. The molecule has 122 valence electrons. The van der Waals surface area contributed by atoms with Crippen LogP contribution in [-0.2, 0) is 4.79 Å². The lowest BCUT2D eigenvalue weighted by Crippen LogP contribution is -2.36. The first-order chi connectivity index (χ1) is 11.2. The third-order valence-electron chi connectivity index (χ3n) is 4.94. The number of hydrogen-bond acceptors (Lipinski definition) is 4. The molecule has 2 aromatic rings. The number of hydrogen-bond donors (Lipinski definition) is 2. The normalized spacial score (nSPS) is 21.7. The Morgan fingerprint density at radius 2 is 2.22 bits per heavy atom. The Hall–Kier alpha value is -2.11. The maximum absolute atomic E-state index is 10.8. The first kappa shape index (κ1) is 14.5. The Balaban J connectivity index is 1.59. The second kappa shape index (κ2) is 5.83. The standard InChI is InChI=1S/C17H22N4O2/c22-14(23)6-3-11-2-1-9-21(10-11)17-13-7-8-18-16(13)19-15(20-17)12-4-5-12/h7-8,11-12H,1-6,9-10H2,(H,22,23)(H,18,19,20). The third kappa shape index (κ3) is 3.02. The summed E-state index contributed by atoms with van der Waals surface area (Å²) in [5, 5.41) is 9.98. The van der Waals surface area contributed by atoms with Crippen molar-refractivity contribution in [2.45, 2.75) is 44.4 Å². The minimum Gasteiger partial charge on any atom is -0.481 e. The molecular formula is C17H22N4O2. The van der Waals surface area contributed by atoms with Gasteiger partial charge in [0.05, 0.1) is 5.39 Å². The number of nitrogens with zero attached hydrogens (tertiary/aromatic N) is 3. The van der Waals surface area contributed by atoms with Gasteiger partial charge in [-0.05, 0) is 44.1 Å². The molecule has 2 aromatic heterocycles. The molecule has 1 saturated heterocycles. The van der Waals surface area contributed by atoms with Crippen LogP contribution in [0.25, 0.3) is 11.0 Å². The number of piperidine rings is 1. The van der Waals surface area contributed by atoms with Crippen molar-refractivity contribution < 1.29 is 9.90 Å². The molecule has 0 bridgehead atoms. The van der Waals surface area contributed by atoms with Gasteiger partial charge in [-0.15, -0.1) is 0 Å². The summed E-state index contributed by atoms with van der Waals surface area (Å²) in [7, 11) is 0. The number of carboxylic acids is 1. The lowest BCUT2D eigenvalue weighted by molar-refractivity contribution is -0.137. The molecule has 1 atom stereocenters. The highest BCUT2D eigenvalue weighted by molar-refractivity contribution is 5.87. The van der Waals surface area contributed by atoms with Crippen LogP contribution >= 0.6 is 0 Å². The smallest absolute Gasteiger partial charge is 0.303 e. The first-order valence-electron chi connectivity index (χ1n) is 8.52. The van der Waals surface area contributed by atoms with Gasteiger partial charge in [0.2, 0.25) is 0 Å². The molecule has 0 radical (unpaired) electrons. The molecule has 3 heterocycles. The highest BCUT2D eigenvalue weighted by Crippen LogP contribution is 2.40. The van der Waals surface area contributed by atoms with Crippen molar-refractivity contribution in [2.75, 3.05) is 18.0 Å². The van der Waals surface area contributed by atoms with Crippen LogP contribution in [0.15, 0.2) is 12.3 Å². The van der Waals surface area contributed by atoms with Crippen molar-refractivity contribution in [3.05, 3.63) is 18.1 Å². The predicted molar refractivity (Wildman–Crippen MR) is 87.7 cm³/mol. The molecule has 6 heteroatoms. The fraction of sp³-hybridized carbons (Fsp3) is 0.588. The van der Waals surface area contributed by atoms with Crippen LogP contribution in [0.1, 0.15) is 50.3 Å². The van der Waals surface area contributed by atoms with Crippen molar-refractivity contribution in [2.24, 2.45) is 5.92 Å². The number of aromatic amines is 1. The molecular weight excluding hydrogens is 292 g/mol. The summed E-state index contributed by atoms with van der Waals surface area (Å²) in [6.45, 7) is 1.89. The number of anilines is 1. The number of rotatable bonds is 5. The van der Waals surface area contributed by atoms with Gasteiger partial charge >= 0.3 is 5.97 Å². The number of aromatic nitrogens is 3. The number of carbonyl (C=O) groups is 1. The molecule has 0 aromatic carbocycles. The van der Waals surface area contributed by atoms with Crippen LogP contribution in [0.3, 0.4) is 0 Å². The van der Waals surface area contributed by atoms with Crippen molar-refractivity contribution >= 4 is 22.8 Å². The maximum Gasteiger partial charge on any atom is 0.303 e. The predicted octanol–water partition coefficient (Wildman–Crippen LogP) is 2.92. The van der Waals surface area contributed by atoms with Crippen LogP contribution < -0.4 is 4.90 Å². The highest BCUT2D eigenvalue weighted by Gasteiger charge is 2.29. The number of aliphatic carboxylic acids is 1. The molecule has 23 heavy (non-hydrogen) atoms. The van der Waals surface area contributed by atoms with E-state index in [-0.39, 0.29) is 6.42 Å². The van der Waals surface area contributed by atoms with Crippen LogP contribution in [0.5, 0.6) is 0 Å². The van der Waals surface area contributed by atoms with Crippen LogP contribution in [0.4, 0.5) is 5.82 Å². The molecule has 2 N–H and O–H groups in total. The fourth-order valence-corrected chi connectivity index (χ4v) is 3.53. The van der Waals surface area contributed by atoms with Gasteiger partial charge < -0.3 is 15.0 Å². The molecule has 6 nitrogen and oxygen atoms in total. The van der Waals surface area contributed by atoms with E-state index >= 15 is 0 Å². The molecule has 1 saturated carbocycles. The first-order valence-corrected chi connectivity index (χ1v) is 8.52. The van der Waals surface area contributed by atoms with Crippen molar-refractivity contribution in [1.29, 1.82) is 0 Å². The lowest BCUT2D eigenvalue weighted by atomic mass is 9.93. The van der Waals surface area contributed by atoms with Crippen LogP contribution in [0.2, 0.25) is 0 Å². The largest absolute Gasteiger partial charge is 0.481 e. The van der Waals surface area contributed by atoms with E-state index in [0.29, 0.717) is 11.8 Å². The van der Waals surface area contributed by atoms with E-state index in [9.17, 15) is 4.79 Å². The summed E-state index contributed by atoms with van der Waals surface area (Å²) in [4.78, 5) is 25.9. The van der Waals surface area contributed by atoms with Gasteiger partial charge in [0, 0.05) is 31.6 Å².